The molecule has 0 amide bonds. The normalized spacial score (nSPS) is 27.3. The third-order valence-electron chi connectivity index (χ3n) is 4.57. The summed E-state index contributed by atoms with van der Waals surface area (Å²) in [5.41, 5.74) is 6.91. The molecule has 2 N–H and O–H groups in total. The van der Waals surface area contributed by atoms with Gasteiger partial charge < -0.3 is 10.5 Å². The fraction of sp³-hybridized carbons (Fsp3) is 0.625. The van der Waals surface area contributed by atoms with Gasteiger partial charge in [-0.1, -0.05) is 19.8 Å². The van der Waals surface area contributed by atoms with Gasteiger partial charge in [-0.05, 0) is 55.3 Å². The highest BCUT2D eigenvalue weighted by molar-refractivity contribution is 5.37. The van der Waals surface area contributed by atoms with Crippen LogP contribution in [-0.4, -0.2) is 13.7 Å². The summed E-state index contributed by atoms with van der Waals surface area (Å²) >= 11 is 0. The van der Waals surface area contributed by atoms with Crippen molar-refractivity contribution in [3.05, 3.63) is 29.6 Å². The molecule has 1 saturated carbocycles. The minimum atomic E-state index is -0.190. The predicted octanol–water partition coefficient (Wildman–Crippen LogP) is 3.70. The van der Waals surface area contributed by atoms with Crippen LogP contribution in [-0.2, 0) is 0 Å². The van der Waals surface area contributed by atoms with Crippen LogP contribution in [0.3, 0.4) is 0 Å². The molecule has 2 rings (SSSR count). The molecule has 1 aromatic rings. The molecule has 1 fully saturated rings. The quantitative estimate of drug-likeness (QED) is 0.901. The van der Waals surface area contributed by atoms with Gasteiger partial charge in [0, 0.05) is 5.56 Å². The summed E-state index contributed by atoms with van der Waals surface area (Å²) < 4.78 is 19.0. The Labute approximate surface area is 115 Å². The first kappa shape index (κ1) is 14.3. The van der Waals surface area contributed by atoms with Gasteiger partial charge in [0.15, 0.2) is 0 Å². The molecule has 0 bridgehead atoms. The first-order valence-electron chi connectivity index (χ1n) is 7.23. The van der Waals surface area contributed by atoms with E-state index >= 15 is 0 Å². The van der Waals surface area contributed by atoms with Gasteiger partial charge >= 0.3 is 0 Å². The maximum atomic E-state index is 13.6. The summed E-state index contributed by atoms with van der Waals surface area (Å²) in [6, 6.07) is 4.82. The second kappa shape index (κ2) is 6.38. The highest BCUT2D eigenvalue weighted by atomic mass is 19.1. The lowest BCUT2D eigenvalue weighted by Crippen LogP contribution is -2.29. The monoisotopic (exact) mass is 265 g/mol. The Morgan fingerprint density at radius 2 is 2.16 bits per heavy atom. The third kappa shape index (κ3) is 3.08. The molecule has 3 unspecified atom stereocenters. The van der Waals surface area contributed by atoms with E-state index in [0.29, 0.717) is 18.4 Å². The van der Waals surface area contributed by atoms with Crippen molar-refractivity contribution in [3.63, 3.8) is 0 Å². The number of nitrogens with two attached hydrogens (primary N) is 1. The van der Waals surface area contributed by atoms with Crippen LogP contribution >= 0.6 is 0 Å². The number of halogens is 1. The maximum Gasteiger partial charge on any atom is 0.123 e. The maximum absolute atomic E-state index is 13.6. The van der Waals surface area contributed by atoms with Crippen molar-refractivity contribution in [2.75, 3.05) is 13.7 Å². The lowest BCUT2D eigenvalue weighted by Gasteiger charge is -2.36. The molecule has 0 radical (unpaired) electrons. The van der Waals surface area contributed by atoms with Crippen molar-refractivity contribution in [1.82, 2.24) is 0 Å². The van der Waals surface area contributed by atoms with Crippen molar-refractivity contribution < 1.29 is 9.13 Å². The fourth-order valence-corrected chi connectivity index (χ4v) is 3.35. The van der Waals surface area contributed by atoms with E-state index < -0.39 is 0 Å². The Hall–Kier alpha value is -1.09. The minimum absolute atomic E-state index is 0.190. The average molecular weight is 265 g/mol. The summed E-state index contributed by atoms with van der Waals surface area (Å²) in [5, 5.41) is 0. The Morgan fingerprint density at radius 1 is 1.37 bits per heavy atom. The summed E-state index contributed by atoms with van der Waals surface area (Å²) in [4.78, 5) is 0. The van der Waals surface area contributed by atoms with E-state index in [2.05, 4.69) is 6.92 Å². The largest absolute Gasteiger partial charge is 0.496 e. The first-order valence-corrected chi connectivity index (χ1v) is 7.23. The van der Waals surface area contributed by atoms with Crippen molar-refractivity contribution in [1.29, 1.82) is 0 Å². The van der Waals surface area contributed by atoms with Crippen LogP contribution in [0.2, 0.25) is 0 Å². The summed E-state index contributed by atoms with van der Waals surface area (Å²) in [6.45, 7) is 2.90. The van der Waals surface area contributed by atoms with Crippen LogP contribution in [0.4, 0.5) is 4.39 Å². The minimum Gasteiger partial charge on any atom is -0.496 e. The molecule has 0 aromatic heterocycles. The highest BCUT2D eigenvalue weighted by Crippen LogP contribution is 2.44. The van der Waals surface area contributed by atoms with Crippen molar-refractivity contribution in [2.24, 2.45) is 17.6 Å². The molecule has 19 heavy (non-hydrogen) atoms. The second-order valence-electron chi connectivity index (χ2n) is 5.58. The molecule has 3 atom stereocenters. The number of rotatable bonds is 4. The van der Waals surface area contributed by atoms with Crippen LogP contribution < -0.4 is 10.5 Å². The van der Waals surface area contributed by atoms with E-state index in [1.807, 2.05) is 0 Å². The van der Waals surface area contributed by atoms with Crippen molar-refractivity contribution in [2.45, 2.75) is 38.5 Å². The van der Waals surface area contributed by atoms with Crippen LogP contribution in [0.5, 0.6) is 5.75 Å². The summed E-state index contributed by atoms with van der Waals surface area (Å²) in [5.74, 6) is 2.10. The van der Waals surface area contributed by atoms with Crippen molar-refractivity contribution in [3.8, 4) is 5.75 Å². The molecular formula is C16H24FNO. The van der Waals surface area contributed by atoms with E-state index in [9.17, 15) is 4.39 Å². The molecular weight excluding hydrogens is 241 g/mol. The van der Waals surface area contributed by atoms with Gasteiger partial charge in [-0.15, -0.1) is 0 Å². The van der Waals surface area contributed by atoms with Crippen LogP contribution in [0.1, 0.15) is 44.1 Å². The zero-order valence-corrected chi connectivity index (χ0v) is 11.9. The summed E-state index contributed by atoms with van der Waals surface area (Å²) in [6.07, 6.45) is 4.66. The van der Waals surface area contributed by atoms with Gasteiger partial charge in [0.2, 0.25) is 0 Å². The van der Waals surface area contributed by atoms with Gasteiger partial charge in [0.25, 0.3) is 0 Å². The topological polar surface area (TPSA) is 35.2 Å². The number of ether oxygens (including phenoxy) is 1. The zero-order valence-electron chi connectivity index (χ0n) is 11.9. The molecule has 0 aliphatic heterocycles. The van der Waals surface area contributed by atoms with E-state index in [4.69, 9.17) is 10.5 Å². The van der Waals surface area contributed by atoms with Gasteiger partial charge in [0.05, 0.1) is 7.11 Å². The second-order valence-corrected chi connectivity index (χ2v) is 5.58. The molecule has 1 aliphatic carbocycles. The predicted molar refractivity (Wildman–Crippen MR) is 75.9 cm³/mol. The first-order chi connectivity index (χ1) is 9.19. The average Bonchev–Trinajstić information content (AvgIpc) is 2.46. The zero-order chi connectivity index (χ0) is 13.8. The van der Waals surface area contributed by atoms with E-state index in [-0.39, 0.29) is 5.82 Å². The standard InChI is InChI=1S/C16H24FNO/c1-3-11-4-5-12(10-18)14(8-11)15-9-13(17)6-7-16(15)19-2/h6-7,9,11-12,14H,3-5,8,10,18H2,1-2H3. The number of hydrogen-bond acceptors (Lipinski definition) is 2. The molecule has 106 valence electrons. The van der Waals surface area contributed by atoms with E-state index in [1.165, 1.54) is 18.9 Å². The number of hydrogen-bond donors (Lipinski definition) is 1. The molecule has 2 nitrogen and oxygen atoms in total. The van der Waals surface area contributed by atoms with Crippen molar-refractivity contribution >= 4 is 0 Å². The Bertz CT molecular complexity index is 421. The fourth-order valence-electron chi connectivity index (χ4n) is 3.35. The molecule has 1 aromatic carbocycles. The Kier molecular flexibility index (Phi) is 4.81. The summed E-state index contributed by atoms with van der Waals surface area (Å²) in [7, 11) is 1.65. The number of benzene rings is 1. The van der Waals surface area contributed by atoms with Gasteiger partial charge in [0.1, 0.15) is 11.6 Å². The van der Waals surface area contributed by atoms with Gasteiger partial charge in [-0.2, -0.15) is 0 Å². The third-order valence-corrected chi connectivity index (χ3v) is 4.57. The van der Waals surface area contributed by atoms with E-state index in [1.54, 1.807) is 19.2 Å². The molecule has 0 spiro atoms. The molecule has 3 heteroatoms. The van der Waals surface area contributed by atoms with Crippen LogP contribution in [0.15, 0.2) is 18.2 Å². The lowest BCUT2D eigenvalue weighted by atomic mass is 9.70. The Balaban J connectivity index is 2.32. The lowest BCUT2D eigenvalue weighted by molar-refractivity contribution is 0.231. The van der Waals surface area contributed by atoms with Crippen LogP contribution in [0, 0.1) is 17.7 Å². The molecule has 0 saturated heterocycles. The Morgan fingerprint density at radius 3 is 2.79 bits per heavy atom. The highest BCUT2D eigenvalue weighted by Gasteiger charge is 2.31. The van der Waals surface area contributed by atoms with Gasteiger partial charge in [-0.3, -0.25) is 0 Å². The molecule has 0 heterocycles. The molecule has 1 aliphatic rings. The van der Waals surface area contributed by atoms with Gasteiger partial charge in [-0.25, -0.2) is 4.39 Å². The number of methoxy groups -OCH3 is 1. The SMILES string of the molecule is CCC1CCC(CN)C(c2cc(F)ccc2OC)C1. The van der Waals surface area contributed by atoms with Crippen LogP contribution in [0.25, 0.3) is 0 Å². The smallest absolute Gasteiger partial charge is 0.123 e. The van der Waals surface area contributed by atoms with E-state index in [0.717, 1.165) is 30.1 Å².